The predicted molar refractivity (Wildman–Crippen MR) is 112 cm³/mol. The molecule has 0 bridgehead atoms. The minimum atomic E-state index is -0.720. The van der Waals surface area contributed by atoms with Crippen molar-refractivity contribution in [3.63, 3.8) is 0 Å². The van der Waals surface area contributed by atoms with Gasteiger partial charge in [-0.3, -0.25) is 9.78 Å². The van der Waals surface area contributed by atoms with Crippen LogP contribution in [0.15, 0.2) is 48.7 Å². The number of nitrogens with zero attached hydrogens (tertiary/aromatic N) is 1. The lowest BCUT2D eigenvalue weighted by atomic mass is 9.90. The first kappa shape index (κ1) is 19.5. The molecule has 0 unspecified atom stereocenters. The second-order valence-electron chi connectivity index (χ2n) is 7.32. The Morgan fingerprint density at radius 3 is 2.62 bits per heavy atom. The smallest absolute Gasteiger partial charge is 0.258 e. The molecular weight excluding hydrogens is 393 g/mol. The Hall–Kier alpha value is -2.86. The third-order valence-corrected chi connectivity index (χ3v) is 5.58. The molecular formula is C22H21ClFN3O2. The molecule has 0 aliphatic heterocycles. The number of carbonyl (C=O) groups excluding carboxylic acids is 1. The maximum Gasteiger partial charge on any atom is 0.258 e. The van der Waals surface area contributed by atoms with Crippen molar-refractivity contribution in [3.8, 4) is 5.75 Å². The monoisotopic (exact) mass is 413 g/mol. The highest BCUT2D eigenvalue weighted by Crippen LogP contribution is 2.28. The Balaban J connectivity index is 1.37. The second kappa shape index (κ2) is 8.25. The van der Waals surface area contributed by atoms with Crippen molar-refractivity contribution < 1.29 is 14.3 Å². The minimum absolute atomic E-state index is 0.0486. The first-order valence-electron chi connectivity index (χ1n) is 9.60. The predicted octanol–water partition coefficient (Wildman–Crippen LogP) is 4.89. The number of fused-ring (bicyclic) bond motifs is 1. The fourth-order valence-electron chi connectivity index (χ4n) is 3.84. The van der Waals surface area contributed by atoms with Gasteiger partial charge in [-0.15, -0.1) is 0 Å². The van der Waals surface area contributed by atoms with Crippen molar-refractivity contribution in [3.05, 3.63) is 65.1 Å². The number of phenols is 1. The highest BCUT2D eigenvalue weighted by atomic mass is 35.5. The third kappa shape index (κ3) is 4.27. The summed E-state index contributed by atoms with van der Waals surface area (Å²) in [5.74, 6) is -1.64. The van der Waals surface area contributed by atoms with E-state index in [2.05, 4.69) is 15.6 Å². The molecule has 1 fully saturated rings. The highest BCUT2D eigenvalue weighted by molar-refractivity contribution is 6.31. The number of pyridine rings is 1. The van der Waals surface area contributed by atoms with Crippen LogP contribution in [0.25, 0.3) is 10.9 Å². The number of rotatable bonds is 4. The van der Waals surface area contributed by atoms with Crippen molar-refractivity contribution in [2.24, 2.45) is 0 Å². The quantitative estimate of drug-likeness (QED) is 0.569. The van der Waals surface area contributed by atoms with Crippen LogP contribution >= 0.6 is 11.6 Å². The number of hydrogen-bond acceptors (Lipinski definition) is 4. The fraction of sp³-hybridized carbons (Fsp3) is 0.273. The summed E-state index contributed by atoms with van der Waals surface area (Å²) in [5, 5.41) is 17.9. The molecule has 1 amide bonds. The molecule has 0 radical (unpaired) electrons. The molecule has 0 spiro atoms. The molecule has 5 nitrogen and oxygen atoms in total. The van der Waals surface area contributed by atoms with Crippen LogP contribution in [-0.4, -0.2) is 28.1 Å². The van der Waals surface area contributed by atoms with E-state index in [4.69, 9.17) is 11.6 Å². The average Bonchev–Trinajstić information content (AvgIpc) is 2.69. The summed E-state index contributed by atoms with van der Waals surface area (Å²) in [6.07, 6.45) is 5.03. The first-order valence-corrected chi connectivity index (χ1v) is 9.98. The number of anilines is 1. The lowest BCUT2D eigenvalue weighted by molar-refractivity contribution is 0.0919. The van der Waals surface area contributed by atoms with E-state index in [1.165, 1.54) is 18.2 Å². The van der Waals surface area contributed by atoms with Crippen LogP contribution in [0.3, 0.4) is 0 Å². The van der Waals surface area contributed by atoms with E-state index in [0.717, 1.165) is 42.3 Å². The van der Waals surface area contributed by atoms with E-state index in [0.29, 0.717) is 5.02 Å². The van der Waals surface area contributed by atoms with Gasteiger partial charge in [-0.25, -0.2) is 4.39 Å². The van der Waals surface area contributed by atoms with Crippen LogP contribution in [0.5, 0.6) is 5.75 Å². The molecule has 1 aliphatic carbocycles. The summed E-state index contributed by atoms with van der Waals surface area (Å²) < 4.78 is 13.9. The number of carbonyl (C=O) groups is 1. The van der Waals surface area contributed by atoms with Crippen molar-refractivity contribution >= 4 is 34.1 Å². The minimum Gasteiger partial charge on any atom is -0.507 e. The molecule has 1 aliphatic rings. The molecule has 1 heterocycles. The summed E-state index contributed by atoms with van der Waals surface area (Å²) >= 11 is 6.05. The number of hydrogen-bond donors (Lipinski definition) is 3. The maximum atomic E-state index is 13.9. The van der Waals surface area contributed by atoms with Crippen molar-refractivity contribution in [1.29, 1.82) is 0 Å². The zero-order valence-electron chi connectivity index (χ0n) is 15.7. The van der Waals surface area contributed by atoms with Gasteiger partial charge in [0, 0.05) is 34.4 Å². The Kier molecular flexibility index (Phi) is 5.53. The molecule has 3 N–H and O–H groups in total. The first-order chi connectivity index (χ1) is 14.0. The highest BCUT2D eigenvalue weighted by Gasteiger charge is 2.25. The molecule has 1 saturated carbocycles. The number of benzene rings is 2. The summed E-state index contributed by atoms with van der Waals surface area (Å²) in [4.78, 5) is 16.7. The summed E-state index contributed by atoms with van der Waals surface area (Å²) in [6, 6.07) is 11.7. The molecule has 3 aromatic rings. The summed E-state index contributed by atoms with van der Waals surface area (Å²) in [6.45, 7) is 0. The van der Waals surface area contributed by atoms with Gasteiger partial charge >= 0.3 is 0 Å². The van der Waals surface area contributed by atoms with Gasteiger partial charge in [0.2, 0.25) is 0 Å². The molecule has 0 saturated heterocycles. The van der Waals surface area contributed by atoms with Crippen LogP contribution in [0.1, 0.15) is 36.0 Å². The molecule has 150 valence electrons. The van der Waals surface area contributed by atoms with Crippen molar-refractivity contribution in [2.45, 2.75) is 37.8 Å². The maximum absolute atomic E-state index is 13.9. The van der Waals surface area contributed by atoms with Gasteiger partial charge in [0.15, 0.2) is 0 Å². The average molecular weight is 414 g/mol. The van der Waals surface area contributed by atoms with Gasteiger partial charge in [0.25, 0.3) is 5.91 Å². The molecule has 2 aromatic carbocycles. The van der Waals surface area contributed by atoms with E-state index >= 15 is 0 Å². The zero-order valence-corrected chi connectivity index (χ0v) is 16.4. The number of aromatic nitrogens is 1. The van der Waals surface area contributed by atoms with Gasteiger partial charge in [-0.05, 0) is 62.1 Å². The summed E-state index contributed by atoms with van der Waals surface area (Å²) in [5.41, 5.74) is 1.55. The molecule has 4 rings (SSSR count). The van der Waals surface area contributed by atoms with Crippen molar-refractivity contribution in [1.82, 2.24) is 10.3 Å². The van der Waals surface area contributed by atoms with E-state index in [1.54, 1.807) is 6.20 Å². The van der Waals surface area contributed by atoms with E-state index in [1.807, 2.05) is 24.3 Å². The van der Waals surface area contributed by atoms with E-state index < -0.39 is 11.7 Å². The Labute approximate surface area is 172 Å². The SMILES string of the molecule is O=C(NC1CCC(Nc2ccnc3cc(Cl)ccc23)CC1)c1c(O)cccc1F. The number of phenolic OH excluding ortho intramolecular Hbond substituents is 1. The summed E-state index contributed by atoms with van der Waals surface area (Å²) in [7, 11) is 0. The fourth-order valence-corrected chi connectivity index (χ4v) is 4.01. The van der Waals surface area contributed by atoms with Crippen molar-refractivity contribution in [2.75, 3.05) is 5.32 Å². The second-order valence-corrected chi connectivity index (χ2v) is 7.76. The van der Waals surface area contributed by atoms with Gasteiger partial charge < -0.3 is 15.7 Å². The van der Waals surface area contributed by atoms with Crippen LogP contribution in [-0.2, 0) is 0 Å². The number of amides is 1. The van der Waals surface area contributed by atoms with Crippen LogP contribution < -0.4 is 10.6 Å². The largest absolute Gasteiger partial charge is 0.507 e. The molecule has 7 heteroatoms. The number of halogens is 2. The number of aromatic hydroxyl groups is 1. The Morgan fingerprint density at radius 1 is 1.10 bits per heavy atom. The Bertz CT molecular complexity index is 1030. The molecule has 0 atom stereocenters. The lowest BCUT2D eigenvalue weighted by Crippen LogP contribution is -2.40. The topological polar surface area (TPSA) is 74.2 Å². The standard InChI is InChI=1S/C22H21ClFN3O2/c23-13-4-9-16-18(10-11-25-19(16)12-13)26-14-5-7-15(8-6-14)27-22(29)21-17(24)2-1-3-20(21)28/h1-4,9-12,14-15,28H,5-8H2,(H,25,26)(H,27,29). The van der Waals surface area contributed by atoms with Crippen LogP contribution in [0.2, 0.25) is 5.02 Å². The van der Waals surface area contributed by atoms with Crippen LogP contribution in [0.4, 0.5) is 10.1 Å². The lowest BCUT2D eigenvalue weighted by Gasteiger charge is -2.30. The van der Waals surface area contributed by atoms with Gasteiger partial charge in [-0.1, -0.05) is 17.7 Å². The van der Waals surface area contributed by atoms with E-state index in [-0.39, 0.29) is 23.4 Å². The molecule has 29 heavy (non-hydrogen) atoms. The van der Waals surface area contributed by atoms with Gasteiger partial charge in [0.05, 0.1) is 5.52 Å². The zero-order chi connectivity index (χ0) is 20.4. The van der Waals surface area contributed by atoms with Gasteiger partial charge in [0.1, 0.15) is 17.1 Å². The third-order valence-electron chi connectivity index (χ3n) is 5.35. The normalized spacial score (nSPS) is 19.1. The Morgan fingerprint density at radius 2 is 1.86 bits per heavy atom. The van der Waals surface area contributed by atoms with Gasteiger partial charge in [-0.2, -0.15) is 0 Å². The van der Waals surface area contributed by atoms with Crippen LogP contribution in [0, 0.1) is 5.82 Å². The number of nitrogens with one attached hydrogen (secondary N) is 2. The molecule has 1 aromatic heterocycles. The van der Waals surface area contributed by atoms with E-state index in [9.17, 15) is 14.3 Å².